The van der Waals surface area contributed by atoms with Crippen molar-refractivity contribution >= 4 is 15.9 Å². The van der Waals surface area contributed by atoms with Crippen molar-refractivity contribution < 1.29 is 17.9 Å². The zero-order chi connectivity index (χ0) is 14.6. The number of nitrogens with zero attached hydrogens (tertiary/aromatic N) is 1. The molecule has 0 radical (unpaired) electrons. The van der Waals surface area contributed by atoms with Crippen molar-refractivity contribution in [2.45, 2.75) is 38.7 Å². The molecule has 1 saturated heterocycles. The maximum atomic E-state index is 12.0. The normalized spacial score (nSPS) is 25.1. The van der Waals surface area contributed by atoms with E-state index in [2.05, 4.69) is 4.72 Å². The third-order valence-electron chi connectivity index (χ3n) is 4.04. The number of rotatable bonds is 5. The minimum atomic E-state index is -3.24. The fourth-order valence-corrected chi connectivity index (χ4v) is 4.41. The molecule has 1 N–H and O–H groups in total. The lowest BCUT2D eigenvalue weighted by molar-refractivity contribution is -0.136. The highest BCUT2D eigenvalue weighted by Gasteiger charge is 2.26. The number of amides is 1. The van der Waals surface area contributed by atoms with Gasteiger partial charge in [0.15, 0.2) is 0 Å². The summed E-state index contributed by atoms with van der Waals surface area (Å²) in [6.45, 7) is 3.28. The summed E-state index contributed by atoms with van der Waals surface area (Å²) < 4.78 is 32.1. The van der Waals surface area contributed by atoms with E-state index >= 15 is 0 Å². The van der Waals surface area contributed by atoms with Crippen LogP contribution in [0.15, 0.2) is 0 Å². The maximum absolute atomic E-state index is 12.0. The molecule has 1 unspecified atom stereocenters. The number of carbonyl (C=O) groups excluding carboxylic acids is 1. The first kappa shape index (κ1) is 15.7. The van der Waals surface area contributed by atoms with Crippen molar-refractivity contribution in [3.05, 3.63) is 0 Å². The van der Waals surface area contributed by atoms with Crippen LogP contribution in [-0.4, -0.2) is 57.3 Å². The van der Waals surface area contributed by atoms with Crippen LogP contribution in [0.4, 0.5) is 0 Å². The number of sulfonamides is 1. The predicted molar refractivity (Wildman–Crippen MR) is 75.7 cm³/mol. The van der Waals surface area contributed by atoms with Gasteiger partial charge in [-0.05, 0) is 18.8 Å². The lowest BCUT2D eigenvalue weighted by Gasteiger charge is -2.32. The van der Waals surface area contributed by atoms with E-state index in [1.165, 1.54) is 6.92 Å². The van der Waals surface area contributed by atoms with Gasteiger partial charge in [-0.25, -0.2) is 13.1 Å². The fraction of sp³-hybridized carbons (Fsp3) is 0.923. The van der Waals surface area contributed by atoms with Gasteiger partial charge in [-0.3, -0.25) is 4.79 Å². The van der Waals surface area contributed by atoms with Gasteiger partial charge < -0.3 is 9.64 Å². The molecule has 20 heavy (non-hydrogen) atoms. The Kier molecular flexibility index (Phi) is 5.40. The summed E-state index contributed by atoms with van der Waals surface area (Å²) in [5.74, 6) is 0.525. The van der Waals surface area contributed by atoms with Crippen LogP contribution >= 0.6 is 0 Å². The Hall–Kier alpha value is -0.660. The minimum absolute atomic E-state index is 0.00659. The third kappa shape index (κ3) is 4.71. The lowest BCUT2D eigenvalue weighted by atomic mass is 10.1. The number of hydrogen-bond donors (Lipinski definition) is 1. The molecule has 116 valence electrons. The molecule has 0 bridgehead atoms. The summed E-state index contributed by atoms with van der Waals surface area (Å²) in [5, 5.41) is 0. The lowest BCUT2D eigenvalue weighted by Crippen LogP contribution is -2.49. The number of morpholine rings is 1. The summed E-state index contributed by atoms with van der Waals surface area (Å²) in [6, 6.07) is 0. The van der Waals surface area contributed by atoms with Crippen molar-refractivity contribution in [1.82, 2.24) is 9.62 Å². The van der Waals surface area contributed by atoms with Gasteiger partial charge in [0.1, 0.15) is 0 Å². The smallest absolute Gasteiger partial charge is 0.219 e. The number of nitrogens with one attached hydrogen (secondary N) is 1. The highest BCUT2D eigenvalue weighted by Crippen LogP contribution is 2.25. The molecule has 0 aromatic rings. The van der Waals surface area contributed by atoms with Gasteiger partial charge in [-0.15, -0.1) is 0 Å². The number of ether oxygens (including phenoxy) is 1. The van der Waals surface area contributed by atoms with Crippen LogP contribution in [0.3, 0.4) is 0 Å². The molecule has 7 heteroatoms. The van der Waals surface area contributed by atoms with E-state index in [0.29, 0.717) is 25.6 Å². The quantitative estimate of drug-likeness (QED) is 0.795. The van der Waals surface area contributed by atoms with Gasteiger partial charge in [0.05, 0.1) is 18.5 Å². The van der Waals surface area contributed by atoms with Crippen LogP contribution in [0.2, 0.25) is 0 Å². The molecule has 1 atom stereocenters. The molecule has 1 aliphatic heterocycles. The van der Waals surface area contributed by atoms with Crippen LogP contribution < -0.4 is 4.72 Å². The van der Waals surface area contributed by atoms with E-state index in [1.807, 2.05) is 0 Å². The molecular formula is C13H24N2O4S. The van der Waals surface area contributed by atoms with Crippen molar-refractivity contribution in [2.75, 3.05) is 32.0 Å². The highest BCUT2D eigenvalue weighted by molar-refractivity contribution is 7.89. The zero-order valence-corrected chi connectivity index (χ0v) is 12.8. The van der Waals surface area contributed by atoms with Crippen molar-refractivity contribution in [3.63, 3.8) is 0 Å². The first-order valence-corrected chi connectivity index (χ1v) is 8.96. The van der Waals surface area contributed by atoms with Crippen LogP contribution in [-0.2, 0) is 19.6 Å². The number of carbonyl (C=O) groups is 1. The van der Waals surface area contributed by atoms with Gasteiger partial charge in [0, 0.05) is 26.6 Å². The molecule has 2 aliphatic rings. The Labute approximate surface area is 120 Å². The van der Waals surface area contributed by atoms with Crippen molar-refractivity contribution in [2.24, 2.45) is 5.92 Å². The topological polar surface area (TPSA) is 75.7 Å². The van der Waals surface area contributed by atoms with Crippen LogP contribution in [0.25, 0.3) is 0 Å². The van der Waals surface area contributed by atoms with E-state index in [-0.39, 0.29) is 24.3 Å². The van der Waals surface area contributed by atoms with Gasteiger partial charge in [-0.2, -0.15) is 0 Å². The second kappa shape index (κ2) is 6.87. The van der Waals surface area contributed by atoms with Gasteiger partial charge in [0.2, 0.25) is 15.9 Å². The van der Waals surface area contributed by atoms with Crippen molar-refractivity contribution in [1.29, 1.82) is 0 Å². The molecule has 6 nitrogen and oxygen atoms in total. The standard InChI is InChI=1S/C13H24N2O4S/c1-11(16)15-6-7-19-13(9-15)8-14-20(17,18)10-12-4-2-3-5-12/h12-14H,2-10H2,1H3. The maximum Gasteiger partial charge on any atom is 0.219 e. The third-order valence-corrected chi connectivity index (χ3v) is 5.56. The Morgan fingerprint density at radius 2 is 2.05 bits per heavy atom. The molecule has 0 aromatic heterocycles. The monoisotopic (exact) mass is 304 g/mol. The molecule has 0 spiro atoms. The van der Waals surface area contributed by atoms with Gasteiger partial charge in [-0.1, -0.05) is 12.8 Å². The number of hydrogen-bond acceptors (Lipinski definition) is 4. The molecule has 1 amide bonds. The van der Waals surface area contributed by atoms with Crippen LogP contribution in [0.5, 0.6) is 0 Å². The first-order valence-electron chi connectivity index (χ1n) is 7.31. The molecule has 2 rings (SSSR count). The minimum Gasteiger partial charge on any atom is -0.373 e. The summed E-state index contributed by atoms with van der Waals surface area (Å²) in [6.07, 6.45) is 4.06. The molecule has 1 saturated carbocycles. The summed E-state index contributed by atoms with van der Waals surface area (Å²) in [5.41, 5.74) is 0. The summed E-state index contributed by atoms with van der Waals surface area (Å²) in [4.78, 5) is 13.0. The van der Waals surface area contributed by atoms with Gasteiger partial charge >= 0.3 is 0 Å². The Morgan fingerprint density at radius 1 is 1.35 bits per heavy atom. The average Bonchev–Trinajstić information content (AvgIpc) is 2.89. The SMILES string of the molecule is CC(=O)N1CCOC(CNS(=O)(=O)CC2CCCC2)C1. The van der Waals surface area contributed by atoms with E-state index in [0.717, 1.165) is 25.7 Å². The van der Waals surface area contributed by atoms with E-state index < -0.39 is 10.0 Å². The summed E-state index contributed by atoms with van der Waals surface area (Å²) >= 11 is 0. The van der Waals surface area contributed by atoms with E-state index in [9.17, 15) is 13.2 Å². The van der Waals surface area contributed by atoms with Crippen molar-refractivity contribution in [3.8, 4) is 0 Å². The largest absolute Gasteiger partial charge is 0.373 e. The molecule has 1 aliphatic carbocycles. The summed E-state index contributed by atoms with van der Waals surface area (Å²) in [7, 11) is -3.24. The molecular weight excluding hydrogens is 280 g/mol. The Morgan fingerprint density at radius 3 is 2.70 bits per heavy atom. The Balaban J connectivity index is 1.77. The molecule has 0 aromatic carbocycles. The molecule has 1 heterocycles. The highest BCUT2D eigenvalue weighted by atomic mass is 32.2. The Bertz CT molecular complexity index is 432. The predicted octanol–water partition coefficient (Wildman–Crippen LogP) is 0.343. The second-order valence-corrected chi connectivity index (χ2v) is 7.59. The fourth-order valence-electron chi connectivity index (χ4n) is 2.90. The average molecular weight is 304 g/mol. The van der Waals surface area contributed by atoms with E-state index in [4.69, 9.17) is 4.74 Å². The molecule has 2 fully saturated rings. The first-order chi connectivity index (χ1) is 9.46. The van der Waals surface area contributed by atoms with Crippen LogP contribution in [0, 0.1) is 5.92 Å². The van der Waals surface area contributed by atoms with E-state index in [1.54, 1.807) is 4.90 Å². The zero-order valence-electron chi connectivity index (χ0n) is 12.0. The second-order valence-electron chi connectivity index (χ2n) is 5.74. The van der Waals surface area contributed by atoms with Crippen LogP contribution in [0.1, 0.15) is 32.6 Å². The van der Waals surface area contributed by atoms with Gasteiger partial charge in [0.25, 0.3) is 0 Å².